The van der Waals surface area contributed by atoms with Crippen LogP contribution in [0, 0.1) is 5.82 Å². The Morgan fingerprint density at radius 2 is 1.44 bits per heavy atom. The summed E-state index contributed by atoms with van der Waals surface area (Å²) in [4.78, 5) is 10.7. The molecule has 0 unspecified atom stereocenters. The lowest BCUT2D eigenvalue weighted by Crippen LogP contribution is -2.13. The zero-order chi connectivity index (χ0) is 36.1. The summed E-state index contributed by atoms with van der Waals surface area (Å²) in [6.45, 7) is 8.00. The van der Waals surface area contributed by atoms with Crippen LogP contribution in [0.2, 0.25) is 0 Å². The second kappa shape index (κ2) is 17.7. The van der Waals surface area contributed by atoms with E-state index in [1.54, 1.807) is 12.1 Å². The number of anilines is 1. The SMILES string of the molecule is CC(C)(C)c1cc(OCc2ccccc2)n(Cc2ccc(CNc3ccc(CCC(=O)O)c(F)c3)cc2)n1.CS(=O)(=O)O.CS(=O)(=O)O. The van der Waals surface area contributed by atoms with Crippen molar-refractivity contribution < 1.29 is 45.0 Å². The second-order valence-electron chi connectivity index (χ2n) is 11.9. The van der Waals surface area contributed by atoms with E-state index in [1.165, 1.54) is 6.07 Å². The molecule has 12 nitrogen and oxygen atoms in total. The Morgan fingerprint density at radius 3 is 1.96 bits per heavy atom. The quantitative estimate of drug-likeness (QED) is 0.143. The summed E-state index contributed by atoms with van der Waals surface area (Å²) in [5.41, 5.74) is 5.18. The molecule has 262 valence electrons. The van der Waals surface area contributed by atoms with Crippen LogP contribution in [0.4, 0.5) is 10.1 Å². The molecule has 3 aromatic carbocycles. The third kappa shape index (κ3) is 17.0. The number of rotatable bonds is 11. The molecule has 15 heteroatoms. The number of carboxylic acid groups (broad SMARTS) is 1. The zero-order valence-corrected chi connectivity index (χ0v) is 29.1. The minimum absolute atomic E-state index is 0.0905. The van der Waals surface area contributed by atoms with Crippen molar-refractivity contribution in [2.24, 2.45) is 0 Å². The third-order valence-electron chi connectivity index (χ3n) is 6.25. The van der Waals surface area contributed by atoms with Gasteiger partial charge in [-0.25, -0.2) is 9.07 Å². The number of aliphatic carboxylic acids is 1. The molecule has 1 heterocycles. The normalized spacial score (nSPS) is 11.4. The van der Waals surface area contributed by atoms with Crippen molar-refractivity contribution in [1.82, 2.24) is 9.78 Å². The first-order valence-corrected chi connectivity index (χ1v) is 18.3. The maximum Gasteiger partial charge on any atom is 0.303 e. The predicted molar refractivity (Wildman–Crippen MR) is 182 cm³/mol. The number of hydrogen-bond acceptors (Lipinski definition) is 8. The van der Waals surface area contributed by atoms with Crippen molar-refractivity contribution >= 4 is 31.9 Å². The number of ether oxygens (including phenoxy) is 1. The summed E-state index contributed by atoms with van der Waals surface area (Å²) in [6.07, 6.45) is 1.52. The monoisotopic (exact) mass is 707 g/mol. The molecule has 0 bridgehead atoms. The van der Waals surface area contributed by atoms with Crippen LogP contribution in [0.3, 0.4) is 0 Å². The van der Waals surface area contributed by atoms with Crippen LogP contribution in [-0.2, 0) is 56.6 Å². The van der Waals surface area contributed by atoms with Gasteiger partial charge in [0.2, 0.25) is 5.88 Å². The average molecular weight is 708 g/mol. The maximum atomic E-state index is 14.3. The van der Waals surface area contributed by atoms with E-state index in [1.807, 2.05) is 53.2 Å². The van der Waals surface area contributed by atoms with Gasteiger partial charge >= 0.3 is 5.97 Å². The summed E-state index contributed by atoms with van der Waals surface area (Å²) < 4.78 is 74.1. The number of aromatic nitrogens is 2. The third-order valence-corrected chi connectivity index (χ3v) is 6.25. The van der Waals surface area contributed by atoms with Gasteiger partial charge < -0.3 is 15.2 Å². The number of halogens is 1. The summed E-state index contributed by atoms with van der Waals surface area (Å²) in [6, 6.07) is 25.1. The Kier molecular flexibility index (Phi) is 14.7. The second-order valence-corrected chi connectivity index (χ2v) is 14.8. The van der Waals surface area contributed by atoms with Gasteiger partial charge in [0, 0.05) is 30.1 Å². The first-order chi connectivity index (χ1) is 22.2. The highest BCUT2D eigenvalue weighted by molar-refractivity contribution is 7.85. The van der Waals surface area contributed by atoms with Gasteiger partial charge in [-0.05, 0) is 40.8 Å². The first kappa shape index (κ1) is 39.9. The van der Waals surface area contributed by atoms with Crippen molar-refractivity contribution in [3.63, 3.8) is 0 Å². The fourth-order valence-electron chi connectivity index (χ4n) is 3.97. The lowest BCUT2D eigenvalue weighted by Gasteiger charge is -2.14. The molecule has 0 aliphatic heterocycles. The zero-order valence-electron chi connectivity index (χ0n) is 27.4. The molecule has 0 atom stereocenters. The summed E-state index contributed by atoms with van der Waals surface area (Å²) in [5, 5.41) is 16.9. The summed E-state index contributed by atoms with van der Waals surface area (Å²) >= 11 is 0. The number of carbonyl (C=O) groups is 1. The van der Waals surface area contributed by atoms with E-state index in [9.17, 15) is 26.0 Å². The molecule has 0 spiro atoms. The Morgan fingerprint density at radius 1 is 0.875 bits per heavy atom. The fraction of sp³-hybridized carbons (Fsp3) is 0.333. The molecule has 0 saturated carbocycles. The molecule has 0 amide bonds. The fourth-order valence-corrected chi connectivity index (χ4v) is 3.97. The average Bonchev–Trinajstić information content (AvgIpc) is 3.37. The van der Waals surface area contributed by atoms with Crippen molar-refractivity contribution in [1.29, 1.82) is 0 Å². The van der Waals surface area contributed by atoms with Crippen LogP contribution in [0.25, 0.3) is 0 Å². The lowest BCUT2D eigenvalue weighted by atomic mass is 9.93. The van der Waals surface area contributed by atoms with E-state index < -0.39 is 32.0 Å². The Bertz CT molecular complexity index is 1790. The van der Waals surface area contributed by atoms with Crippen LogP contribution in [0.1, 0.15) is 55.1 Å². The highest BCUT2D eigenvalue weighted by Gasteiger charge is 2.21. The molecule has 0 radical (unpaired) electrons. The van der Waals surface area contributed by atoms with E-state index in [4.69, 9.17) is 24.0 Å². The van der Waals surface area contributed by atoms with E-state index in [-0.39, 0.29) is 18.3 Å². The predicted octanol–water partition coefficient (Wildman–Crippen LogP) is 5.58. The number of nitrogens with one attached hydrogen (secondary N) is 1. The van der Waals surface area contributed by atoms with Crippen LogP contribution >= 0.6 is 0 Å². The van der Waals surface area contributed by atoms with Gasteiger partial charge in [0.15, 0.2) is 0 Å². The number of nitrogens with zero attached hydrogens (tertiary/aromatic N) is 2. The number of hydrogen-bond donors (Lipinski definition) is 4. The molecule has 0 aliphatic carbocycles. The summed E-state index contributed by atoms with van der Waals surface area (Å²) in [7, 11) is -7.33. The van der Waals surface area contributed by atoms with E-state index in [0.29, 0.717) is 43.5 Å². The van der Waals surface area contributed by atoms with Gasteiger partial charge in [-0.2, -0.15) is 21.9 Å². The highest BCUT2D eigenvalue weighted by atomic mass is 32.2. The van der Waals surface area contributed by atoms with Crippen molar-refractivity contribution in [2.75, 3.05) is 17.8 Å². The van der Waals surface area contributed by atoms with Crippen molar-refractivity contribution in [2.45, 2.75) is 58.7 Å². The minimum Gasteiger partial charge on any atom is -0.481 e. The number of benzene rings is 3. The number of aryl methyl sites for hydroxylation is 1. The van der Waals surface area contributed by atoms with Crippen molar-refractivity contribution in [3.8, 4) is 5.88 Å². The van der Waals surface area contributed by atoms with Gasteiger partial charge in [0.05, 0.1) is 24.8 Å². The lowest BCUT2D eigenvalue weighted by molar-refractivity contribution is -0.136. The Balaban J connectivity index is 0.000000700. The first-order valence-electron chi connectivity index (χ1n) is 14.6. The molecule has 0 fully saturated rings. The largest absolute Gasteiger partial charge is 0.481 e. The molecule has 48 heavy (non-hydrogen) atoms. The molecule has 1 aromatic heterocycles. The molecule has 4 N–H and O–H groups in total. The van der Waals surface area contributed by atoms with Crippen LogP contribution in [0.15, 0.2) is 78.9 Å². The topological polar surface area (TPSA) is 185 Å². The molecular weight excluding hydrogens is 666 g/mol. The summed E-state index contributed by atoms with van der Waals surface area (Å²) in [5.74, 6) is -0.600. The minimum atomic E-state index is -3.67. The molecule has 4 rings (SSSR count). The standard InChI is InChI=1S/C31H34FN3O3.2CH4O3S/c1-31(2,3)28-18-29(38-21-24-7-5-4-6-8-24)35(34-28)20-23-11-9-22(10-12-23)19-33-26-15-13-25(27(32)17-26)14-16-30(36)37;2*1-5(2,3)4/h4-13,15,17-18,33H,14,16,19-21H2,1-3H3,(H,36,37);2*1H3,(H,2,3,4). The van der Waals surface area contributed by atoms with Gasteiger partial charge in [-0.1, -0.05) is 81.4 Å². The van der Waals surface area contributed by atoms with Gasteiger partial charge in [0.25, 0.3) is 20.2 Å². The molecule has 4 aromatic rings. The van der Waals surface area contributed by atoms with Gasteiger partial charge in [-0.15, -0.1) is 0 Å². The van der Waals surface area contributed by atoms with E-state index in [2.05, 4.69) is 38.2 Å². The Hall–Kier alpha value is -4.31. The molecular formula is C33H42FN3O9S2. The Labute approximate surface area is 281 Å². The molecule has 0 aliphatic rings. The van der Waals surface area contributed by atoms with Crippen LogP contribution in [-0.4, -0.2) is 59.3 Å². The van der Waals surface area contributed by atoms with Gasteiger partial charge in [-0.3, -0.25) is 13.9 Å². The van der Waals surface area contributed by atoms with Crippen LogP contribution < -0.4 is 10.1 Å². The smallest absolute Gasteiger partial charge is 0.303 e. The van der Waals surface area contributed by atoms with E-state index >= 15 is 0 Å². The van der Waals surface area contributed by atoms with Gasteiger partial charge in [0.1, 0.15) is 12.4 Å². The maximum absolute atomic E-state index is 14.3. The number of carboxylic acids is 1. The molecule has 0 saturated heterocycles. The van der Waals surface area contributed by atoms with E-state index in [0.717, 1.165) is 28.3 Å². The van der Waals surface area contributed by atoms with Crippen molar-refractivity contribution in [3.05, 3.63) is 113 Å². The van der Waals surface area contributed by atoms with Crippen LogP contribution in [0.5, 0.6) is 5.88 Å². The highest BCUT2D eigenvalue weighted by Crippen LogP contribution is 2.27.